The van der Waals surface area contributed by atoms with Crippen molar-refractivity contribution in [2.75, 3.05) is 0 Å². The van der Waals surface area contributed by atoms with Gasteiger partial charge in [0.15, 0.2) is 0 Å². The van der Waals surface area contributed by atoms with Gasteiger partial charge < -0.3 is 15.5 Å². The Kier molecular flexibility index (Phi) is 3.05. The molecule has 2 N–H and O–H groups in total. The van der Waals surface area contributed by atoms with Crippen LogP contribution in [0.2, 0.25) is 0 Å². The maximum atomic E-state index is 3.92. The van der Waals surface area contributed by atoms with Crippen LogP contribution in [-0.4, -0.2) is 16.6 Å². The Hall–Kier alpha value is -1.38. The highest BCUT2D eigenvalue weighted by Crippen LogP contribution is 2.41. The van der Waals surface area contributed by atoms with Crippen molar-refractivity contribution in [3.8, 4) is 0 Å². The topological polar surface area (TPSA) is 27.3 Å². The van der Waals surface area contributed by atoms with Gasteiger partial charge in [-0.2, -0.15) is 0 Å². The standard InChI is InChI=1S/C18H27N3/c1-13-19-15-8-3-4-9-16(15)21(13)17-11-10-14-7-5-6-12-18(14,2)20-17/h4,9,11,13-14,19-20H,3,5-8,10,12H2,1-2H3. The van der Waals surface area contributed by atoms with Crippen LogP contribution in [0.3, 0.4) is 0 Å². The fraction of sp³-hybridized carbons (Fsp3) is 0.667. The molecule has 0 aromatic heterocycles. The molecule has 0 aromatic rings. The molecular formula is C18H27N3. The quantitative estimate of drug-likeness (QED) is 0.771. The van der Waals surface area contributed by atoms with Gasteiger partial charge in [-0.1, -0.05) is 18.9 Å². The van der Waals surface area contributed by atoms with Crippen LogP contribution in [0.4, 0.5) is 0 Å². The number of hydrogen-bond acceptors (Lipinski definition) is 3. The van der Waals surface area contributed by atoms with Gasteiger partial charge in [-0.05, 0) is 64.0 Å². The number of allylic oxidation sites excluding steroid dienone is 4. The summed E-state index contributed by atoms with van der Waals surface area (Å²) in [6.45, 7) is 4.70. The van der Waals surface area contributed by atoms with Gasteiger partial charge >= 0.3 is 0 Å². The smallest absolute Gasteiger partial charge is 0.104 e. The summed E-state index contributed by atoms with van der Waals surface area (Å²) < 4.78 is 0. The molecule has 0 spiro atoms. The minimum Gasteiger partial charge on any atom is -0.367 e. The fourth-order valence-electron chi connectivity index (χ4n) is 4.59. The lowest BCUT2D eigenvalue weighted by molar-refractivity contribution is 0.139. The molecule has 2 aliphatic heterocycles. The first-order chi connectivity index (χ1) is 10.2. The van der Waals surface area contributed by atoms with E-state index in [1.807, 2.05) is 0 Å². The van der Waals surface area contributed by atoms with Crippen LogP contribution in [0.15, 0.2) is 35.4 Å². The van der Waals surface area contributed by atoms with E-state index in [0.717, 1.165) is 12.3 Å². The Bertz CT molecular complexity index is 531. The first-order valence-electron chi connectivity index (χ1n) is 8.61. The predicted molar refractivity (Wildman–Crippen MR) is 86.0 cm³/mol. The molecule has 3 heteroatoms. The number of fused-ring (bicyclic) bond motifs is 1. The largest absolute Gasteiger partial charge is 0.367 e. The monoisotopic (exact) mass is 285 g/mol. The van der Waals surface area contributed by atoms with Crippen molar-refractivity contribution < 1.29 is 0 Å². The molecule has 114 valence electrons. The molecule has 2 aliphatic carbocycles. The minimum absolute atomic E-state index is 0.295. The van der Waals surface area contributed by atoms with E-state index in [1.54, 1.807) is 0 Å². The number of rotatable bonds is 1. The van der Waals surface area contributed by atoms with Crippen molar-refractivity contribution in [1.82, 2.24) is 15.5 Å². The molecule has 0 radical (unpaired) electrons. The zero-order chi connectivity index (χ0) is 14.4. The first-order valence-corrected chi connectivity index (χ1v) is 8.61. The van der Waals surface area contributed by atoms with Crippen molar-refractivity contribution in [1.29, 1.82) is 0 Å². The molecule has 3 nitrogen and oxygen atoms in total. The van der Waals surface area contributed by atoms with Gasteiger partial charge in [0.1, 0.15) is 12.0 Å². The summed E-state index contributed by atoms with van der Waals surface area (Å²) in [5.41, 5.74) is 3.10. The van der Waals surface area contributed by atoms with Crippen LogP contribution in [0.1, 0.15) is 58.8 Å². The van der Waals surface area contributed by atoms with Crippen LogP contribution < -0.4 is 10.6 Å². The van der Waals surface area contributed by atoms with Gasteiger partial charge in [0.25, 0.3) is 0 Å². The van der Waals surface area contributed by atoms with E-state index in [4.69, 9.17) is 0 Å². The minimum atomic E-state index is 0.295. The van der Waals surface area contributed by atoms with E-state index in [9.17, 15) is 0 Å². The average Bonchev–Trinajstić information content (AvgIpc) is 2.81. The third-order valence-electron chi connectivity index (χ3n) is 5.84. The van der Waals surface area contributed by atoms with Crippen LogP contribution in [0.5, 0.6) is 0 Å². The molecule has 4 rings (SSSR count). The zero-order valence-corrected chi connectivity index (χ0v) is 13.3. The summed E-state index contributed by atoms with van der Waals surface area (Å²) in [7, 11) is 0. The maximum absolute atomic E-state index is 3.92. The first kappa shape index (κ1) is 13.3. The van der Waals surface area contributed by atoms with Crippen LogP contribution in [0.25, 0.3) is 0 Å². The second-order valence-electron chi connectivity index (χ2n) is 7.31. The van der Waals surface area contributed by atoms with Gasteiger partial charge in [-0.15, -0.1) is 0 Å². The van der Waals surface area contributed by atoms with Gasteiger partial charge in [0, 0.05) is 11.2 Å². The Labute approximate surface area is 128 Å². The third-order valence-corrected chi connectivity index (χ3v) is 5.84. The summed E-state index contributed by atoms with van der Waals surface area (Å²) in [4.78, 5) is 2.47. The highest BCUT2D eigenvalue weighted by atomic mass is 15.4. The van der Waals surface area contributed by atoms with Crippen LogP contribution in [0, 0.1) is 5.92 Å². The van der Waals surface area contributed by atoms with Gasteiger partial charge in [-0.3, -0.25) is 0 Å². The Balaban J connectivity index is 1.63. The van der Waals surface area contributed by atoms with E-state index in [1.165, 1.54) is 55.7 Å². The van der Waals surface area contributed by atoms with E-state index in [-0.39, 0.29) is 0 Å². The van der Waals surface area contributed by atoms with Gasteiger partial charge in [0.05, 0.1) is 5.70 Å². The van der Waals surface area contributed by atoms with Gasteiger partial charge in [0.2, 0.25) is 0 Å². The molecule has 0 aromatic carbocycles. The molecule has 0 bridgehead atoms. The summed E-state index contributed by atoms with van der Waals surface area (Å²) in [5, 5.41) is 7.58. The predicted octanol–water partition coefficient (Wildman–Crippen LogP) is 3.58. The molecule has 4 aliphatic rings. The van der Waals surface area contributed by atoms with E-state index in [0.29, 0.717) is 11.7 Å². The second-order valence-corrected chi connectivity index (χ2v) is 7.31. The number of nitrogens with zero attached hydrogens (tertiary/aromatic N) is 1. The zero-order valence-electron chi connectivity index (χ0n) is 13.3. The fourth-order valence-corrected chi connectivity index (χ4v) is 4.59. The van der Waals surface area contributed by atoms with Crippen molar-refractivity contribution in [3.63, 3.8) is 0 Å². The molecule has 21 heavy (non-hydrogen) atoms. The normalized spacial score (nSPS) is 38.4. The molecule has 2 heterocycles. The maximum Gasteiger partial charge on any atom is 0.104 e. The highest BCUT2D eigenvalue weighted by molar-refractivity contribution is 5.36. The Morgan fingerprint density at radius 2 is 2.24 bits per heavy atom. The Morgan fingerprint density at radius 1 is 1.33 bits per heavy atom. The summed E-state index contributed by atoms with van der Waals surface area (Å²) in [6, 6.07) is 0. The number of hydrogen-bond donors (Lipinski definition) is 2. The van der Waals surface area contributed by atoms with E-state index < -0.39 is 0 Å². The van der Waals surface area contributed by atoms with Crippen LogP contribution in [-0.2, 0) is 0 Å². The molecule has 1 saturated carbocycles. The van der Waals surface area contributed by atoms with E-state index in [2.05, 4.69) is 47.6 Å². The third kappa shape index (κ3) is 2.09. The summed E-state index contributed by atoms with van der Waals surface area (Å²) >= 11 is 0. The van der Waals surface area contributed by atoms with Crippen molar-refractivity contribution in [2.45, 2.75) is 70.5 Å². The number of nitrogens with one attached hydrogen (secondary N) is 2. The lowest BCUT2D eigenvalue weighted by Gasteiger charge is -2.48. The summed E-state index contributed by atoms with van der Waals surface area (Å²) in [5.74, 6) is 2.14. The van der Waals surface area contributed by atoms with Crippen molar-refractivity contribution in [2.24, 2.45) is 5.92 Å². The Morgan fingerprint density at radius 3 is 3.14 bits per heavy atom. The lowest BCUT2D eigenvalue weighted by Crippen LogP contribution is -2.55. The molecule has 0 amide bonds. The lowest BCUT2D eigenvalue weighted by atomic mass is 9.71. The van der Waals surface area contributed by atoms with Crippen molar-refractivity contribution >= 4 is 0 Å². The van der Waals surface area contributed by atoms with Gasteiger partial charge in [-0.25, -0.2) is 0 Å². The average molecular weight is 285 g/mol. The molecule has 3 unspecified atom stereocenters. The SMILES string of the molecule is CC1NC2=C(C=CCC2)N1C1=CCC2CCCCC2(C)N1. The molecule has 1 fully saturated rings. The van der Waals surface area contributed by atoms with E-state index >= 15 is 0 Å². The second kappa shape index (κ2) is 4.82. The molecule has 3 atom stereocenters. The van der Waals surface area contributed by atoms with Crippen LogP contribution >= 0.6 is 0 Å². The molecule has 0 saturated heterocycles. The summed E-state index contributed by atoms with van der Waals surface area (Å²) in [6.07, 6.45) is 16.4. The highest BCUT2D eigenvalue weighted by Gasteiger charge is 2.41. The van der Waals surface area contributed by atoms with Crippen molar-refractivity contribution in [3.05, 3.63) is 35.4 Å². The molecular weight excluding hydrogens is 258 g/mol.